The Morgan fingerprint density at radius 2 is 1.72 bits per heavy atom. The lowest BCUT2D eigenvalue weighted by molar-refractivity contribution is 0.237. The summed E-state index contributed by atoms with van der Waals surface area (Å²) >= 11 is 0. The zero-order valence-corrected chi connectivity index (χ0v) is 18.0. The molecule has 8 nitrogen and oxygen atoms in total. The lowest BCUT2D eigenvalue weighted by atomic mass is 10.00. The molecule has 2 amide bonds. The molecule has 3 heterocycles. The molecule has 0 aliphatic carbocycles. The lowest BCUT2D eigenvalue weighted by Gasteiger charge is -2.27. The molecular formula is C24H25N7O. The number of urea groups is 1. The average Bonchev–Trinajstić information content (AvgIpc) is 2.83. The van der Waals surface area contributed by atoms with Gasteiger partial charge in [-0.25, -0.2) is 14.8 Å². The van der Waals surface area contributed by atoms with Gasteiger partial charge in [0.1, 0.15) is 5.82 Å². The summed E-state index contributed by atoms with van der Waals surface area (Å²) in [5.41, 5.74) is 2.62. The van der Waals surface area contributed by atoms with Crippen LogP contribution in [0.4, 0.5) is 10.6 Å². The number of carbonyl (C=O) groups is 1. The van der Waals surface area contributed by atoms with E-state index in [2.05, 4.69) is 30.9 Å². The normalized spacial score (nSPS) is 12.7. The van der Waals surface area contributed by atoms with E-state index in [0.717, 1.165) is 22.0 Å². The van der Waals surface area contributed by atoms with Crippen molar-refractivity contribution in [1.82, 2.24) is 30.6 Å². The van der Waals surface area contributed by atoms with Crippen molar-refractivity contribution in [1.29, 1.82) is 0 Å². The fourth-order valence-corrected chi connectivity index (χ4v) is 3.53. The van der Waals surface area contributed by atoms with Gasteiger partial charge in [0, 0.05) is 36.1 Å². The molecule has 2 unspecified atom stereocenters. The van der Waals surface area contributed by atoms with E-state index >= 15 is 0 Å². The number of carbonyl (C=O) groups excluding carboxylic acids is 1. The molecule has 2 atom stereocenters. The molecule has 162 valence electrons. The zero-order valence-electron chi connectivity index (χ0n) is 18.0. The third kappa shape index (κ3) is 4.80. The number of amides is 2. The molecule has 4 rings (SSSR count). The van der Waals surface area contributed by atoms with E-state index in [-0.39, 0.29) is 18.1 Å². The topological polar surface area (TPSA) is 105 Å². The number of nitrogens with one attached hydrogen (secondary N) is 3. The van der Waals surface area contributed by atoms with Gasteiger partial charge in [-0.15, -0.1) is 0 Å². The van der Waals surface area contributed by atoms with Gasteiger partial charge in [-0.2, -0.15) is 0 Å². The summed E-state index contributed by atoms with van der Waals surface area (Å²) in [7, 11) is 0. The summed E-state index contributed by atoms with van der Waals surface area (Å²) in [6.45, 7) is 4.41. The highest BCUT2D eigenvalue weighted by Crippen LogP contribution is 2.29. The first-order chi connectivity index (χ1) is 15.7. The summed E-state index contributed by atoms with van der Waals surface area (Å²) in [6.07, 6.45) is 6.87. The van der Waals surface area contributed by atoms with Crippen LogP contribution in [0.3, 0.4) is 0 Å². The maximum atomic E-state index is 12.2. The predicted molar refractivity (Wildman–Crippen MR) is 125 cm³/mol. The molecule has 0 fully saturated rings. The van der Waals surface area contributed by atoms with Crippen LogP contribution >= 0.6 is 0 Å². The molecule has 3 aromatic heterocycles. The van der Waals surface area contributed by atoms with Crippen molar-refractivity contribution in [2.45, 2.75) is 25.9 Å². The van der Waals surface area contributed by atoms with Gasteiger partial charge in [0.05, 0.1) is 23.8 Å². The Hall–Kier alpha value is -4.07. The Morgan fingerprint density at radius 3 is 2.47 bits per heavy atom. The number of aromatic nitrogens is 4. The first-order valence-electron chi connectivity index (χ1n) is 10.5. The van der Waals surface area contributed by atoms with Crippen molar-refractivity contribution in [2.75, 3.05) is 11.9 Å². The average molecular weight is 428 g/mol. The second-order valence-electron chi connectivity index (χ2n) is 7.35. The molecule has 4 aromatic rings. The van der Waals surface area contributed by atoms with E-state index < -0.39 is 0 Å². The standard InChI is InChI=1S/C24H25N7O/c1-3-27-24(32)28-16(2)21(17-7-5-4-6-8-17)30-23-19-11-14-26-15-20(19)29-22(31-23)18-9-12-25-13-10-18/h4-16,21H,3H2,1-2H3,(H2,27,28,32)(H,29,30,31). The fourth-order valence-electron chi connectivity index (χ4n) is 3.53. The highest BCUT2D eigenvalue weighted by molar-refractivity contribution is 5.90. The van der Waals surface area contributed by atoms with Gasteiger partial charge in [0.25, 0.3) is 0 Å². The van der Waals surface area contributed by atoms with E-state index in [1.165, 1.54) is 0 Å². The number of pyridine rings is 2. The Morgan fingerprint density at radius 1 is 0.969 bits per heavy atom. The summed E-state index contributed by atoms with van der Waals surface area (Å²) in [5, 5.41) is 10.2. The van der Waals surface area contributed by atoms with Crippen LogP contribution in [-0.4, -0.2) is 38.6 Å². The number of benzene rings is 1. The number of nitrogens with zero attached hydrogens (tertiary/aromatic N) is 4. The Kier molecular flexibility index (Phi) is 6.50. The van der Waals surface area contributed by atoms with E-state index in [4.69, 9.17) is 4.98 Å². The third-order valence-corrected chi connectivity index (χ3v) is 5.08. The Balaban J connectivity index is 1.76. The summed E-state index contributed by atoms with van der Waals surface area (Å²) in [5.74, 6) is 1.24. The predicted octanol–water partition coefficient (Wildman–Crippen LogP) is 3.95. The number of hydrogen-bond acceptors (Lipinski definition) is 6. The number of fused-ring (bicyclic) bond motifs is 1. The van der Waals surface area contributed by atoms with Crippen molar-refractivity contribution in [3.63, 3.8) is 0 Å². The van der Waals surface area contributed by atoms with Crippen LogP contribution in [0.25, 0.3) is 22.3 Å². The third-order valence-electron chi connectivity index (χ3n) is 5.08. The van der Waals surface area contributed by atoms with Gasteiger partial charge in [-0.1, -0.05) is 30.3 Å². The van der Waals surface area contributed by atoms with Crippen molar-refractivity contribution in [3.8, 4) is 11.4 Å². The molecule has 0 spiro atoms. The minimum atomic E-state index is -0.227. The molecule has 32 heavy (non-hydrogen) atoms. The van der Waals surface area contributed by atoms with Crippen LogP contribution in [0.5, 0.6) is 0 Å². The summed E-state index contributed by atoms with van der Waals surface area (Å²) < 4.78 is 0. The first kappa shape index (κ1) is 21.2. The minimum Gasteiger partial charge on any atom is -0.361 e. The van der Waals surface area contributed by atoms with Crippen molar-refractivity contribution < 1.29 is 4.79 Å². The fraction of sp³-hybridized carbons (Fsp3) is 0.208. The smallest absolute Gasteiger partial charge is 0.315 e. The van der Waals surface area contributed by atoms with Crippen LogP contribution in [0, 0.1) is 0 Å². The van der Waals surface area contributed by atoms with Gasteiger partial charge < -0.3 is 16.0 Å². The molecule has 0 saturated carbocycles. The van der Waals surface area contributed by atoms with E-state index in [1.54, 1.807) is 24.8 Å². The van der Waals surface area contributed by atoms with Crippen molar-refractivity contribution in [3.05, 3.63) is 78.9 Å². The number of anilines is 1. The highest BCUT2D eigenvalue weighted by atomic mass is 16.2. The molecule has 0 aliphatic heterocycles. The van der Waals surface area contributed by atoms with Crippen LogP contribution in [0.2, 0.25) is 0 Å². The van der Waals surface area contributed by atoms with E-state index in [9.17, 15) is 4.79 Å². The molecule has 0 saturated heterocycles. The lowest BCUT2D eigenvalue weighted by Crippen LogP contribution is -2.45. The molecule has 1 aromatic carbocycles. The Bertz CT molecular complexity index is 1180. The van der Waals surface area contributed by atoms with Gasteiger partial charge in [-0.05, 0) is 37.6 Å². The van der Waals surface area contributed by atoms with Crippen LogP contribution in [0.15, 0.2) is 73.3 Å². The number of hydrogen-bond donors (Lipinski definition) is 3. The summed E-state index contributed by atoms with van der Waals surface area (Å²) in [6, 6.07) is 15.0. The molecule has 8 heteroatoms. The Labute approximate surface area is 186 Å². The second kappa shape index (κ2) is 9.82. The van der Waals surface area contributed by atoms with Crippen LogP contribution in [0.1, 0.15) is 25.5 Å². The number of rotatable bonds is 7. The van der Waals surface area contributed by atoms with Gasteiger partial charge in [0.2, 0.25) is 0 Å². The monoisotopic (exact) mass is 427 g/mol. The summed E-state index contributed by atoms with van der Waals surface area (Å²) in [4.78, 5) is 30.0. The van der Waals surface area contributed by atoms with Crippen LogP contribution in [-0.2, 0) is 0 Å². The zero-order chi connectivity index (χ0) is 22.3. The quantitative estimate of drug-likeness (QED) is 0.413. The van der Waals surface area contributed by atoms with Gasteiger partial charge in [-0.3, -0.25) is 9.97 Å². The maximum Gasteiger partial charge on any atom is 0.315 e. The SMILES string of the molecule is CCNC(=O)NC(C)C(Nc1nc(-c2ccncc2)nc2cnccc12)c1ccccc1. The van der Waals surface area contributed by atoms with Gasteiger partial charge in [0.15, 0.2) is 5.82 Å². The highest BCUT2D eigenvalue weighted by Gasteiger charge is 2.23. The van der Waals surface area contributed by atoms with Crippen molar-refractivity contribution in [2.24, 2.45) is 0 Å². The minimum absolute atomic E-state index is 0.211. The first-order valence-corrected chi connectivity index (χ1v) is 10.5. The van der Waals surface area contributed by atoms with E-state index in [0.29, 0.717) is 18.2 Å². The van der Waals surface area contributed by atoms with Crippen molar-refractivity contribution >= 4 is 22.8 Å². The molecule has 0 bridgehead atoms. The molecular weight excluding hydrogens is 402 g/mol. The van der Waals surface area contributed by atoms with E-state index in [1.807, 2.05) is 62.4 Å². The van der Waals surface area contributed by atoms with Crippen LogP contribution < -0.4 is 16.0 Å². The molecule has 0 aliphatic rings. The largest absolute Gasteiger partial charge is 0.361 e. The van der Waals surface area contributed by atoms with Gasteiger partial charge >= 0.3 is 6.03 Å². The molecule has 3 N–H and O–H groups in total. The molecule has 0 radical (unpaired) electrons. The second-order valence-corrected chi connectivity index (χ2v) is 7.35. The maximum absolute atomic E-state index is 12.2.